The van der Waals surface area contributed by atoms with Crippen LogP contribution in [0.5, 0.6) is 0 Å². The molecule has 2 rings (SSSR count). The minimum Gasteiger partial charge on any atom is -0.368 e. The number of anilines is 1. The van der Waals surface area contributed by atoms with Crippen molar-refractivity contribution < 1.29 is 22.0 Å². The average molecular weight is 346 g/mol. The number of Topliss-reactive ketones (excluding diaryl/α,β-unsaturated/α-hetero) is 1. The fourth-order valence-electron chi connectivity index (χ4n) is 2.66. The molecule has 128 valence electrons. The van der Waals surface area contributed by atoms with Gasteiger partial charge < -0.3 is 4.90 Å². The molecule has 0 N–H and O–H groups in total. The summed E-state index contributed by atoms with van der Waals surface area (Å²) in [5.41, 5.74) is 0.902. The topological polar surface area (TPSA) is 57.7 Å². The third kappa shape index (κ3) is 4.48. The van der Waals surface area contributed by atoms with Gasteiger partial charge in [0.2, 0.25) is 0 Å². The molecule has 1 aromatic rings. The zero-order valence-corrected chi connectivity index (χ0v) is 13.9. The number of carbonyl (C=O) groups is 1. The molecule has 0 atom stereocenters. The second-order valence-electron chi connectivity index (χ2n) is 5.69. The summed E-state index contributed by atoms with van der Waals surface area (Å²) in [6.45, 7) is 2.88. The van der Waals surface area contributed by atoms with Gasteiger partial charge in [-0.1, -0.05) is 0 Å². The van der Waals surface area contributed by atoms with Gasteiger partial charge in [0.05, 0.1) is 17.1 Å². The van der Waals surface area contributed by atoms with E-state index in [9.17, 15) is 22.0 Å². The normalized spacial score (nSPS) is 16.8. The maximum absolute atomic E-state index is 12.4. The first-order valence-corrected chi connectivity index (χ1v) is 9.18. The Morgan fingerprint density at radius 3 is 2.30 bits per heavy atom. The van der Waals surface area contributed by atoms with E-state index in [0.29, 0.717) is 37.4 Å². The molecule has 5 nitrogen and oxygen atoms in total. The molecule has 1 fully saturated rings. The zero-order valence-electron chi connectivity index (χ0n) is 13.1. The molecule has 0 amide bonds. The first-order chi connectivity index (χ1) is 10.7. The van der Waals surface area contributed by atoms with Crippen molar-refractivity contribution in [2.24, 2.45) is 0 Å². The number of benzene rings is 1. The summed E-state index contributed by atoms with van der Waals surface area (Å²) in [4.78, 5) is 15.2. The van der Waals surface area contributed by atoms with Crippen molar-refractivity contribution in [1.82, 2.24) is 4.90 Å². The Bertz CT molecular complexity index is 684. The highest BCUT2D eigenvalue weighted by molar-refractivity contribution is 7.90. The Kier molecular flexibility index (Phi) is 5.36. The average Bonchev–Trinajstić information content (AvgIpc) is 2.45. The van der Waals surface area contributed by atoms with Crippen molar-refractivity contribution >= 4 is 21.3 Å². The number of nitrogens with zero attached hydrogens (tertiary/aromatic N) is 2. The van der Waals surface area contributed by atoms with E-state index in [0.717, 1.165) is 6.26 Å². The van der Waals surface area contributed by atoms with Gasteiger partial charge in [-0.3, -0.25) is 9.69 Å². The zero-order chi connectivity index (χ0) is 17.2. The lowest BCUT2D eigenvalue weighted by Gasteiger charge is -2.36. The van der Waals surface area contributed by atoms with Gasteiger partial charge in [-0.05, 0) is 25.1 Å². The van der Waals surface area contributed by atoms with Crippen LogP contribution in [0.1, 0.15) is 17.3 Å². The lowest BCUT2D eigenvalue weighted by molar-refractivity contribution is 0.0853. The van der Waals surface area contributed by atoms with Crippen LogP contribution >= 0.6 is 0 Å². The lowest BCUT2D eigenvalue weighted by Crippen LogP contribution is -2.48. The molecule has 0 saturated carbocycles. The number of ketones is 1. The molecule has 1 saturated heterocycles. The summed E-state index contributed by atoms with van der Waals surface area (Å²) >= 11 is 0. The Labute approximate surface area is 134 Å². The van der Waals surface area contributed by atoms with Gasteiger partial charge in [0, 0.05) is 38.0 Å². The molecule has 0 bridgehead atoms. The number of carbonyl (C=O) groups excluding carboxylic acids is 1. The van der Waals surface area contributed by atoms with Crippen molar-refractivity contribution in [3.05, 3.63) is 23.8 Å². The molecule has 0 aromatic heterocycles. The Balaban J connectivity index is 2.28. The van der Waals surface area contributed by atoms with E-state index in [1.54, 1.807) is 11.0 Å². The quantitative estimate of drug-likeness (QED) is 0.759. The standard InChI is InChI=1S/C15H20F2N2O3S/c1-11(20)12-3-4-14(23(2,21)22)13(9-12)19-7-5-18(6-8-19)10-15(16)17/h3-4,9,15H,5-8,10H2,1-2H3. The number of hydrogen-bond donors (Lipinski definition) is 0. The van der Waals surface area contributed by atoms with Crippen LogP contribution in [-0.4, -0.2) is 64.5 Å². The summed E-state index contributed by atoms with van der Waals surface area (Å²) in [5.74, 6) is -0.150. The molecule has 0 aliphatic carbocycles. The van der Waals surface area contributed by atoms with Gasteiger partial charge in [-0.25, -0.2) is 17.2 Å². The van der Waals surface area contributed by atoms with Crippen LogP contribution in [0, 0.1) is 0 Å². The van der Waals surface area contributed by atoms with Crippen molar-refractivity contribution in [3.8, 4) is 0 Å². The van der Waals surface area contributed by atoms with E-state index in [2.05, 4.69) is 0 Å². The van der Waals surface area contributed by atoms with E-state index >= 15 is 0 Å². The third-order valence-corrected chi connectivity index (χ3v) is 5.02. The summed E-state index contributed by atoms with van der Waals surface area (Å²) < 4.78 is 48.8. The molecule has 23 heavy (non-hydrogen) atoms. The van der Waals surface area contributed by atoms with Crippen LogP contribution in [0.2, 0.25) is 0 Å². The van der Waals surface area contributed by atoms with Crippen molar-refractivity contribution in [3.63, 3.8) is 0 Å². The van der Waals surface area contributed by atoms with E-state index in [1.165, 1.54) is 19.1 Å². The van der Waals surface area contributed by atoms with Crippen LogP contribution in [0.4, 0.5) is 14.5 Å². The smallest absolute Gasteiger partial charge is 0.251 e. The number of alkyl halides is 2. The third-order valence-electron chi connectivity index (χ3n) is 3.87. The number of hydrogen-bond acceptors (Lipinski definition) is 5. The van der Waals surface area contributed by atoms with Crippen LogP contribution in [-0.2, 0) is 9.84 Å². The second-order valence-corrected chi connectivity index (χ2v) is 7.67. The predicted octanol–water partition coefficient (Wildman–Crippen LogP) is 1.68. The SMILES string of the molecule is CC(=O)c1ccc(S(C)(=O)=O)c(N2CCN(CC(F)F)CC2)c1. The maximum Gasteiger partial charge on any atom is 0.251 e. The molecule has 1 heterocycles. The number of sulfone groups is 1. The highest BCUT2D eigenvalue weighted by Gasteiger charge is 2.24. The van der Waals surface area contributed by atoms with E-state index < -0.39 is 16.3 Å². The molecule has 8 heteroatoms. The van der Waals surface area contributed by atoms with E-state index in [1.807, 2.05) is 4.90 Å². The first kappa shape index (κ1) is 17.8. The van der Waals surface area contributed by atoms with Gasteiger partial charge in [-0.15, -0.1) is 0 Å². The Morgan fingerprint density at radius 1 is 1.22 bits per heavy atom. The molecule has 0 unspecified atom stereocenters. The van der Waals surface area contributed by atoms with Crippen molar-refractivity contribution in [1.29, 1.82) is 0 Å². The molecular weight excluding hydrogens is 326 g/mol. The monoisotopic (exact) mass is 346 g/mol. The molecular formula is C15H20F2N2O3S. The van der Waals surface area contributed by atoms with E-state index in [4.69, 9.17) is 0 Å². The van der Waals surface area contributed by atoms with Crippen molar-refractivity contribution in [2.45, 2.75) is 18.2 Å². The predicted molar refractivity (Wildman–Crippen MR) is 84.2 cm³/mol. The van der Waals surface area contributed by atoms with Gasteiger partial charge in [0.1, 0.15) is 0 Å². The van der Waals surface area contributed by atoms with Crippen LogP contribution < -0.4 is 4.90 Å². The molecule has 1 aliphatic heterocycles. The van der Waals surface area contributed by atoms with E-state index in [-0.39, 0.29) is 17.2 Å². The maximum atomic E-state index is 12.4. The van der Waals surface area contributed by atoms with Crippen LogP contribution in [0.25, 0.3) is 0 Å². The lowest BCUT2D eigenvalue weighted by atomic mass is 10.1. The Morgan fingerprint density at radius 2 is 1.83 bits per heavy atom. The number of piperazine rings is 1. The summed E-state index contributed by atoms with van der Waals surface area (Å²) in [7, 11) is -3.44. The van der Waals surface area contributed by atoms with Crippen molar-refractivity contribution in [2.75, 3.05) is 43.9 Å². The van der Waals surface area contributed by atoms with Gasteiger partial charge in [0.25, 0.3) is 6.43 Å². The Hall–Kier alpha value is -1.54. The minimum atomic E-state index is -3.44. The minimum absolute atomic E-state index is 0.150. The van der Waals surface area contributed by atoms with Gasteiger partial charge in [-0.2, -0.15) is 0 Å². The molecule has 1 aromatic carbocycles. The van der Waals surface area contributed by atoms with Gasteiger partial charge in [0.15, 0.2) is 15.6 Å². The highest BCUT2D eigenvalue weighted by Crippen LogP contribution is 2.28. The molecule has 1 aliphatic rings. The summed E-state index contributed by atoms with van der Waals surface area (Å²) in [6.07, 6.45) is -1.26. The molecule has 0 radical (unpaired) electrons. The fraction of sp³-hybridized carbons (Fsp3) is 0.533. The summed E-state index contributed by atoms with van der Waals surface area (Å²) in [5, 5.41) is 0. The van der Waals surface area contributed by atoms with Gasteiger partial charge >= 0.3 is 0 Å². The number of rotatable bonds is 5. The molecule has 0 spiro atoms. The number of halogens is 2. The second kappa shape index (κ2) is 6.92. The van der Waals surface area contributed by atoms with Crippen LogP contribution in [0.3, 0.4) is 0 Å². The highest BCUT2D eigenvalue weighted by atomic mass is 32.2. The fourth-order valence-corrected chi connectivity index (χ4v) is 3.55. The summed E-state index contributed by atoms with van der Waals surface area (Å²) in [6, 6.07) is 4.50. The first-order valence-electron chi connectivity index (χ1n) is 7.29. The van der Waals surface area contributed by atoms with Crippen LogP contribution in [0.15, 0.2) is 23.1 Å². The largest absolute Gasteiger partial charge is 0.368 e.